The van der Waals surface area contributed by atoms with Crippen molar-refractivity contribution in [3.63, 3.8) is 0 Å². The van der Waals surface area contributed by atoms with E-state index in [9.17, 15) is 8.78 Å². The summed E-state index contributed by atoms with van der Waals surface area (Å²) in [6, 6.07) is 0. The number of rotatable bonds is 7. The van der Waals surface area contributed by atoms with E-state index in [0.29, 0.717) is 6.42 Å². The van der Waals surface area contributed by atoms with Crippen LogP contribution in [-0.4, -0.2) is 25.2 Å². The van der Waals surface area contributed by atoms with Crippen molar-refractivity contribution in [3.8, 4) is 0 Å². The maximum Gasteiger partial charge on any atom is 0.282 e. The summed E-state index contributed by atoms with van der Waals surface area (Å²) in [5, 5.41) is 0. The lowest BCUT2D eigenvalue weighted by molar-refractivity contribution is -0.0824. The second-order valence-electron chi connectivity index (χ2n) is 2.67. The molecular formula is C9H15F2NO. The van der Waals surface area contributed by atoms with Crippen LogP contribution in [0.15, 0.2) is 25.3 Å². The highest BCUT2D eigenvalue weighted by Gasteiger charge is 2.27. The van der Waals surface area contributed by atoms with Crippen LogP contribution in [0.1, 0.15) is 6.42 Å². The number of hydrogen-bond donors (Lipinski definition) is 1. The Morgan fingerprint density at radius 1 is 1.46 bits per heavy atom. The van der Waals surface area contributed by atoms with Crippen LogP contribution in [0.3, 0.4) is 0 Å². The third-order valence-electron chi connectivity index (χ3n) is 1.47. The summed E-state index contributed by atoms with van der Waals surface area (Å²) in [6.45, 7) is 5.55. The van der Waals surface area contributed by atoms with Crippen molar-refractivity contribution in [2.45, 2.75) is 18.4 Å². The number of hydrogen-bond acceptors (Lipinski definition) is 2. The molecule has 1 unspecified atom stereocenters. The Kier molecular flexibility index (Phi) is 5.50. The zero-order valence-corrected chi connectivity index (χ0v) is 7.51. The molecule has 0 aliphatic carbocycles. The number of alkyl halides is 2. The molecule has 4 heteroatoms. The van der Waals surface area contributed by atoms with E-state index in [1.807, 2.05) is 0 Å². The van der Waals surface area contributed by atoms with Crippen LogP contribution in [0.2, 0.25) is 0 Å². The number of halogens is 2. The Labute approximate surface area is 77.1 Å². The Balaban J connectivity index is 3.83. The highest BCUT2D eigenvalue weighted by Crippen LogP contribution is 2.13. The lowest BCUT2D eigenvalue weighted by atomic mass is 10.2. The molecule has 0 amide bonds. The van der Waals surface area contributed by atoms with Gasteiger partial charge in [0.15, 0.2) is 0 Å². The highest BCUT2D eigenvalue weighted by molar-refractivity contribution is 4.86. The van der Waals surface area contributed by atoms with Gasteiger partial charge in [0.1, 0.15) is 6.61 Å². The van der Waals surface area contributed by atoms with Gasteiger partial charge in [0.05, 0.1) is 12.6 Å². The average molecular weight is 191 g/mol. The molecule has 13 heavy (non-hydrogen) atoms. The molecule has 0 aromatic carbocycles. The third-order valence-corrected chi connectivity index (χ3v) is 1.47. The molecule has 0 aromatic heterocycles. The minimum Gasteiger partial charge on any atom is -0.368 e. The van der Waals surface area contributed by atoms with Gasteiger partial charge in [-0.05, 0) is 6.42 Å². The molecule has 0 aliphatic heterocycles. The first-order valence-electron chi connectivity index (χ1n) is 3.98. The van der Waals surface area contributed by atoms with E-state index in [2.05, 4.69) is 13.2 Å². The van der Waals surface area contributed by atoms with E-state index in [0.717, 1.165) is 0 Å². The number of ether oxygens (including phenoxy) is 1. The molecule has 2 nitrogen and oxygen atoms in total. The van der Waals surface area contributed by atoms with E-state index in [4.69, 9.17) is 10.5 Å². The summed E-state index contributed by atoms with van der Waals surface area (Å²) in [4.78, 5) is 0. The second kappa shape index (κ2) is 5.83. The van der Waals surface area contributed by atoms with Crippen molar-refractivity contribution in [1.29, 1.82) is 0 Å². The van der Waals surface area contributed by atoms with Crippen LogP contribution in [0.5, 0.6) is 0 Å². The predicted molar refractivity (Wildman–Crippen MR) is 48.8 cm³/mol. The molecule has 0 aromatic rings. The molecule has 0 spiro atoms. The molecular weight excluding hydrogens is 176 g/mol. The summed E-state index contributed by atoms with van der Waals surface area (Å²) in [6.07, 6.45) is 3.13. The SMILES string of the molecule is C=CCC(C=C)OCC(F)(F)CN. The molecule has 76 valence electrons. The van der Waals surface area contributed by atoms with Gasteiger partial charge in [-0.25, -0.2) is 8.78 Å². The summed E-state index contributed by atoms with van der Waals surface area (Å²) in [7, 11) is 0. The van der Waals surface area contributed by atoms with Crippen LogP contribution in [0.25, 0.3) is 0 Å². The van der Waals surface area contributed by atoms with E-state index in [1.165, 1.54) is 6.08 Å². The molecule has 0 radical (unpaired) electrons. The van der Waals surface area contributed by atoms with Gasteiger partial charge >= 0.3 is 0 Å². The van der Waals surface area contributed by atoms with Gasteiger partial charge in [-0.2, -0.15) is 0 Å². The Morgan fingerprint density at radius 2 is 2.08 bits per heavy atom. The fraction of sp³-hybridized carbons (Fsp3) is 0.556. The van der Waals surface area contributed by atoms with Crippen LogP contribution in [-0.2, 0) is 4.74 Å². The molecule has 0 bridgehead atoms. The molecule has 0 heterocycles. The van der Waals surface area contributed by atoms with Gasteiger partial charge in [0.25, 0.3) is 5.92 Å². The van der Waals surface area contributed by atoms with Crippen LogP contribution >= 0.6 is 0 Å². The first-order chi connectivity index (χ1) is 6.05. The van der Waals surface area contributed by atoms with Gasteiger partial charge in [-0.3, -0.25) is 0 Å². The zero-order chi connectivity index (χ0) is 10.3. The van der Waals surface area contributed by atoms with Gasteiger partial charge in [0.2, 0.25) is 0 Å². The monoisotopic (exact) mass is 191 g/mol. The topological polar surface area (TPSA) is 35.2 Å². The quantitative estimate of drug-likeness (QED) is 0.622. The second-order valence-corrected chi connectivity index (χ2v) is 2.67. The zero-order valence-electron chi connectivity index (χ0n) is 7.51. The minimum absolute atomic E-state index is 0.407. The fourth-order valence-electron chi connectivity index (χ4n) is 0.684. The van der Waals surface area contributed by atoms with Crippen molar-refractivity contribution < 1.29 is 13.5 Å². The molecule has 0 saturated carbocycles. The van der Waals surface area contributed by atoms with Crippen molar-refractivity contribution in [2.24, 2.45) is 5.73 Å². The first kappa shape index (κ1) is 12.3. The Morgan fingerprint density at radius 3 is 2.46 bits per heavy atom. The van der Waals surface area contributed by atoms with Crippen molar-refractivity contribution in [2.75, 3.05) is 13.2 Å². The largest absolute Gasteiger partial charge is 0.368 e. The van der Waals surface area contributed by atoms with E-state index < -0.39 is 25.2 Å². The van der Waals surface area contributed by atoms with Crippen LogP contribution < -0.4 is 5.73 Å². The Bertz CT molecular complexity index is 171. The van der Waals surface area contributed by atoms with Crippen molar-refractivity contribution >= 4 is 0 Å². The molecule has 0 rings (SSSR count). The third kappa shape index (κ3) is 5.49. The first-order valence-corrected chi connectivity index (χ1v) is 3.98. The highest BCUT2D eigenvalue weighted by atomic mass is 19.3. The molecule has 0 saturated heterocycles. The smallest absolute Gasteiger partial charge is 0.282 e. The maximum absolute atomic E-state index is 12.6. The standard InChI is InChI=1S/C9H15F2NO/c1-3-5-8(4-2)13-7-9(10,11)6-12/h3-4,8H,1-2,5-7,12H2. The normalized spacial score (nSPS) is 13.8. The minimum atomic E-state index is -2.96. The lowest BCUT2D eigenvalue weighted by Crippen LogP contribution is -2.34. The maximum atomic E-state index is 12.6. The van der Waals surface area contributed by atoms with Gasteiger partial charge < -0.3 is 10.5 Å². The van der Waals surface area contributed by atoms with Gasteiger partial charge in [0, 0.05) is 0 Å². The summed E-state index contributed by atoms with van der Waals surface area (Å²) < 4.78 is 30.0. The van der Waals surface area contributed by atoms with Gasteiger partial charge in [-0.1, -0.05) is 12.2 Å². The Hall–Kier alpha value is -0.740. The molecule has 0 fully saturated rings. The number of nitrogens with two attached hydrogens (primary N) is 1. The van der Waals surface area contributed by atoms with E-state index in [1.54, 1.807) is 6.08 Å². The average Bonchev–Trinajstić information content (AvgIpc) is 2.12. The summed E-state index contributed by atoms with van der Waals surface area (Å²) >= 11 is 0. The molecule has 0 aliphatic rings. The van der Waals surface area contributed by atoms with E-state index >= 15 is 0 Å². The molecule has 2 N–H and O–H groups in total. The van der Waals surface area contributed by atoms with Crippen molar-refractivity contribution in [1.82, 2.24) is 0 Å². The molecule has 1 atom stereocenters. The predicted octanol–water partition coefficient (Wildman–Crippen LogP) is 1.73. The summed E-state index contributed by atoms with van der Waals surface area (Å²) in [5.74, 6) is -2.96. The van der Waals surface area contributed by atoms with Crippen molar-refractivity contribution in [3.05, 3.63) is 25.3 Å². The van der Waals surface area contributed by atoms with Crippen LogP contribution in [0.4, 0.5) is 8.78 Å². The fourth-order valence-corrected chi connectivity index (χ4v) is 0.684. The lowest BCUT2D eigenvalue weighted by Gasteiger charge is -2.17. The van der Waals surface area contributed by atoms with E-state index in [-0.39, 0.29) is 0 Å². The van der Waals surface area contributed by atoms with Crippen LogP contribution in [0, 0.1) is 0 Å². The summed E-state index contributed by atoms with van der Waals surface area (Å²) in [5.41, 5.74) is 4.83. The van der Waals surface area contributed by atoms with Gasteiger partial charge in [-0.15, -0.1) is 13.2 Å².